The molecule has 5 N–H and O–H groups in total. The first kappa shape index (κ1) is 8.35. The minimum Gasteiger partial charge on any atom is -0.383 e. The number of aromatic nitrogens is 1. The molecule has 0 unspecified atom stereocenters. The highest BCUT2D eigenvalue weighted by Gasteiger charge is 2.09. The van der Waals surface area contributed by atoms with Gasteiger partial charge in [0, 0.05) is 0 Å². The molecule has 0 spiro atoms. The molecule has 0 amide bonds. The van der Waals surface area contributed by atoms with Crippen molar-refractivity contribution in [2.45, 2.75) is 4.34 Å². The second-order valence-corrected chi connectivity index (χ2v) is 3.86. The summed E-state index contributed by atoms with van der Waals surface area (Å²) in [7, 11) is 0. The zero-order chi connectivity index (χ0) is 8.43. The van der Waals surface area contributed by atoms with Crippen LogP contribution in [0.3, 0.4) is 0 Å². The number of nitrogens with zero attached hydrogens (tertiary/aromatic N) is 1. The summed E-state index contributed by atoms with van der Waals surface area (Å²) in [6.07, 6.45) is 1.90. The van der Waals surface area contributed by atoms with Gasteiger partial charge in [-0.25, -0.2) is 4.98 Å². The number of thioether (sulfide) groups is 1. The second-order valence-electron chi connectivity index (χ2n) is 1.81. The molecule has 0 aliphatic carbocycles. The lowest BCUT2D eigenvalue weighted by Gasteiger charge is -1.89. The lowest BCUT2D eigenvalue weighted by atomic mass is 10.5. The van der Waals surface area contributed by atoms with E-state index in [0.29, 0.717) is 10.7 Å². The van der Waals surface area contributed by atoms with Crippen molar-refractivity contribution < 1.29 is 0 Å². The van der Waals surface area contributed by atoms with E-state index in [1.54, 1.807) is 0 Å². The average Bonchev–Trinajstić information content (AvgIpc) is 2.30. The Kier molecular flexibility index (Phi) is 2.35. The van der Waals surface area contributed by atoms with Crippen LogP contribution in [0.25, 0.3) is 0 Å². The highest BCUT2D eigenvalue weighted by Crippen LogP contribution is 2.26. The lowest BCUT2D eigenvalue weighted by molar-refractivity contribution is 1.26. The minimum atomic E-state index is -0.0136. The van der Waals surface area contributed by atoms with Crippen molar-refractivity contribution in [2.75, 3.05) is 12.0 Å². The van der Waals surface area contributed by atoms with Gasteiger partial charge in [0.25, 0.3) is 0 Å². The van der Waals surface area contributed by atoms with Crippen LogP contribution in [0.5, 0.6) is 0 Å². The topological polar surface area (TPSA) is 88.8 Å². The minimum absolute atomic E-state index is 0.0136. The first-order chi connectivity index (χ1) is 5.15. The third-order valence-electron chi connectivity index (χ3n) is 1.05. The van der Waals surface area contributed by atoms with E-state index in [-0.39, 0.29) is 5.84 Å². The van der Waals surface area contributed by atoms with Crippen LogP contribution in [0.1, 0.15) is 4.88 Å². The summed E-state index contributed by atoms with van der Waals surface area (Å²) >= 11 is 2.84. The zero-order valence-electron chi connectivity index (χ0n) is 5.92. The monoisotopic (exact) mass is 188 g/mol. The van der Waals surface area contributed by atoms with Crippen molar-refractivity contribution in [3.8, 4) is 0 Å². The van der Waals surface area contributed by atoms with Crippen molar-refractivity contribution in [3.63, 3.8) is 0 Å². The highest BCUT2D eigenvalue weighted by atomic mass is 32.2. The number of hydrogen-bond donors (Lipinski definition) is 3. The van der Waals surface area contributed by atoms with Crippen molar-refractivity contribution in [2.24, 2.45) is 5.73 Å². The Hall–Kier alpha value is -0.750. The van der Waals surface area contributed by atoms with Crippen molar-refractivity contribution in [3.05, 3.63) is 4.88 Å². The molecule has 0 aliphatic heterocycles. The lowest BCUT2D eigenvalue weighted by Crippen LogP contribution is -2.10. The molecule has 0 saturated heterocycles. The van der Waals surface area contributed by atoms with Crippen LogP contribution in [0.2, 0.25) is 0 Å². The summed E-state index contributed by atoms with van der Waals surface area (Å²) in [4.78, 5) is 4.55. The predicted octanol–water partition coefficient (Wildman–Crippen LogP) is 0.731. The van der Waals surface area contributed by atoms with Gasteiger partial charge in [-0.1, -0.05) is 11.8 Å². The van der Waals surface area contributed by atoms with Gasteiger partial charge in [0.1, 0.15) is 16.5 Å². The summed E-state index contributed by atoms with van der Waals surface area (Å²) in [6.45, 7) is 0. The number of nitrogens with two attached hydrogens (primary N) is 2. The standard InChI is InChI=1S/C5H8N4S2/c1-10-5-9-4(8)2(11-5)3(6)7/h8H2,1H3,(H3,6,7). The Morgan fingerprint density at radius 3 is 2.64 bits per heavy atom. The van der Waals surface area contributed by atoms with Crippen LogP contribution in [0.15, 0.2) is 4.34 Å². The molecule has 1 aromatic heterocycles. The van der Waals surface area contributed by atoms with E-state index in [4.69, 9.17) is 16.9 Å². The maximum absolute atomic E-state index is 7.12. The molecule has 1 heterocycles. The summed E-state index contributed by atoms with van der Waals surface area (Å²) in [6, 6.07) is 0. The van der Waals surface area contributed by atoms with Gasteiger partial charge in [0.2, 0.25) is 0 Å². The summed E-state index contributed by atoms with van der Waals surface area (Å²) in [5, 5.41) is 7.12. The number of hydrogen-bond acceptors (Lipinski definition) is 5. The van der Waals surface area contributed by atoms with Gasteiger partial charge in [-0.3, -0.25) is 5.41 Å². The zero-order valence-corrected chi connectivity index (χ0v) is 7.55. The Bertz CT molecular complexity index is 280. The number of nitrogens with one attached hydrogen (secondary N) is 1. The molecule has 1 aromatic rings. The molecule has 0 fully saturated rings. The van der Waals surface area contributed by atoms with Crippen molar-refractivity contribution in [1.29, 1.82) is 5.41 Å². The molecule has 4 nitrogen and oxygen atoms in total. The van der Waals surface area contributed by atoms with Crippen molar-refractivity contribution in [1.82, 2.24) is 4.98 Å². The summed E-state index contributed by atoms with van der Waals surface area (Å²) < 4.78 is 0.840. The van der Waals surface area contributed by atoms with Crippen LogP contribution < -0.4 is 11.5 Å². The summed E-state index contributed by atoms with van der Waals surface area (Å²) in [5.74, 6) is 0.340. The van der Waals surface area contributed by atoms with Crippen LogP contribution in [-0.4, -0.2) is 17.1 Å². The first-order valence-corrected chi connectivity index (χ1v) is 4.84. The fraction of sp³-hybridized carbons (Fsp3) is 0.200. The quantitative estimate of drug-likeness (QED) is 0.362. The van der Waals surface area contributed by atoms with E-state index in [9.17, 15) is 0 Å². The fourth-order valence-corrected chi connectivity index (χ4v) is 1.94. The molecule has 0 aromatic carbocycles. The largest absolute Gasteiger partial charge is 0.383 e. The number of rotatable bonds is 2. The van der Waals surface area contributed by atoms with Crippen LogP contribution >= 0.6 is 23.1 Å². The van der Waals surface area contributed by atoms with Crippen LogP contribution in [0, 0.1) is 5.41 Å². The van der Waals surface area contributed by atoms with E-state index in [2.05, 4.69) is 4.98 Å². The first-order valence-electron chi connectivity index (χ1n) is 2.80. The van der Waals surface area contributed by atoms with E-state index in [1.807, 2.05) is 6.26 Å². The predicted molar refractivity (Wildman–Crippen MR) is 49.3 cm³/mol. The Labute approximate surface area is 72.5 Å². The number of anilines is 1. The van der Waals surface area contributed by atoms with Gasteiger partial charge >= 0.3 is 0 Å². The van der Waals surface area contributed by atoms with Gasteiger partial charge in [-0.15, -0.1) is 11.3 Å². The molecule has 11 heavy (non-hydrogen) atoms. The maximum Gasteiger partial charge on any atom is 0.152 e. The van der Waals surface area contributed by atoms with Gasteiger partial charge in [-0.05, 0) is 6.26 Å². The number of thiazole rings is 1. The molecule has 0 bridgehead atoms. The van der Waals surface area contributed by atoms with Crippen LogP contribution in [0.4, 0.5) is 5.82 Å². The molecule has 1 rings (SSSR count). The van der Waals surface area contributed by atoms with Gasteiger partial charge in [0.05, 0.1) is 0 Å². The second kappa shape index (κ2) is 3.10. The SMILES string of the molecule is CSc1nc(N)c(C(=N)N)s1. The molecule has 0 radical (unpaired) electrons. The van der Waals surface area contributed by atoms with E-state index in [0.717, 1.165) is 4.34 Å². The Balaban J connectivity index is 3.07. The van der Waals surface area contributed by atoms with Gasteiger partial charge in [-0.2, -0.15) is 0 Å². The molecule has 6 heteroatoms. The Morgan fingerprint density at radius 2 is 2.36 bits per heavy atom. The number of amidine groups is 1. The summed E-state index contributed by atoms with van der Waals surface area (Å²) in [5.41, 5.74) is 10.7. The van der Waals surface area contributed by atoms with Crippen LogP contribution in [-0.2, 0) is 0 Å². The van der Waals surface area contributed by atoms with Gasteiger partial charge in [0.15, 0.2) is 4.34 Å². The third-order valence-corrected chi connectivity index (χ3v) is 3.14. The normalized spacial score (nSPS) is 9.91. The smallest absolute Gasteiger partial charge is 0.152 e. The Morgan fingerprint density at radius 1 is 1.73 bits per heavy atom. The van der Waals surface area contributed by atoms with E-state index in [1.165, 1.54) is 23.1 Å². The molecule has 60 valence electrons. The highest BCUT2D eigenvalue weighted by molar-refractivity contribution is 8.00. The third kappa shape index (κ3) is 1.63. The molecule has 0 atom stereocenters. The van der Waals surface area contributed by atoms with Crippen molar-refractivity contribution >= 4 is 34.8 Å². The fourth-order valence-electron chi connectivity index (χ4n) is 0.592. The maximum atomic E-state index is 7.12. The molecule has 0 aliphatic rings. The number of nitrogen functional groups attached to an aromatic ring is 2. The molecule has 0 saturated carbocycles. The molecular formula is C5H8N4S2. The van der Waals surface area contributed by atoms with Gasteiger partial charge < -0.3 is 11.5 Å². The van der Waals surface area contributed by atoms with E-state index < -0.39 is 0 Å². The van der Waals surface area contributed by atoms with E-state index >= 15 is 0 Å². The average molecular weight is 188 g/mol. The molecular weight excluding hydrogens is 180 g/mol.